The van der Waals surface area contributed by atoms with E-state index in [1.54, 1.807) is 0 Å². The summed E-state index contributed by atoms with van der Waals surface area (Å²) in [6.45, 7) is 2.82. The summed E-state index contributed by atoms with van der Waals surface area (Å²) in [5, 5.41) is 0. The average Bonchev–Trinajstić information content (AvgIpc) is 1.96. The third-order valence-corrected chi connectivity index (χ3v) is 2.55. The first-order chi connectivity index (χ1) is 5.93. The summed E-state index contributed by atoms with van der Waals surface area (Å²) in [4.78, 5) is 30.2. The highest BCUT2D eigenvalue weighted by atomic mass is 31.1. The molecule has 0 fully saturated rings. The second kappa shape index (κ2) is 5.95. The Kier molecular flexibility index (Phi) is 5.67. The minimum atomic E-state index is -2.29. The Balaban J connectivity index is 4.02. The van der Waals surface area contributed by atoms with Gasteiger partial charge in [0.25, 0.3) is 0 Å². The Labute approximate surface area is 78.2 Å². The standard InChI is InChI=1S/C8H13O4P/c1-6(9)3-4-8(7(2)10)5-13(11)12/h8H,3-5H2,1-2H3/p+1. The molecule has 5 heteroatoms. The van der Waals surface area contributed by atoms with Crippen molar-refractivity contribution in [1.29, 1.82) is 0 Å². The molecule has 13 heavy (non-hydrogen) atoms. The SMILES string of the molecule is CC(=O)CCC(C[P+](=O)O)C(C)=O. The zero-order valence-corrected chi connectivity index (χ0v) is 8.71. The number of carbonyl (C=O) groups is 2. The normalized spacial score (nSPS) is 13.6. The van der Waals surface area contributed by atoms with Crippen molar-refractivity contribution >= 4 is 19.6 Å². The maximum atomic E-state index is 10.9. The molecule has 0 aromatic carbocycles. The van der Waals surface area contributed by atoms with Gasteiger partial charge in [-0.15, -0.1) is 0 Å². The second-order valence-corrected chi connectivity index (χ2v) is 4.15. The lowest BCUT2D eigenvalue weighted by atomic mass is 10.0. The van der Waals surface area contributed by atoms with E-state index in [-0.39, 0.29) is 17.7 Å². The first kappa shape index (κ1) is 12.4. The van der Waals surface area contributed by atoms with Gasteiger partial charge in [-0.25, -0.2) is 0 Å². The molecule has 0 amide bonds. The number of Topliss-reactive ketones (excluding diaryl/α,β-unsaturated/α-hetero) is 2. The van der Waals surface area contributed by atoms with Crippen molar-refractivity contribution in [3.05, 3.63) is 0 Å². The molecular weight excluding hydrogens is 191 g/mol. The summed E-state index contributed by atoms with van der Waals surface area (Å²) >= 11 is 0. The van der Waals surface area contributed by atoms with Gasteiger partial charge in [0.15, 0.2) is 6.16 Å². The van der Waals surface area contributed by atoms with Gasteiger partial charge in [-0.3, -0.25) is 4.79 Å². The molecule has 2 atom stereocenters. The van der Waals surface area contributed by atoms with Crippen molar-refractivity contribution in [2.75, 3.05) is 6.16 Å². The first-order valence-electron chi connectivity index (χ1n) is 4.07. The van der Waals surface area contributed by atoms with E-state index in [1.807, 2.05) is 0 Å². The highest BCUT2D eigenvalue weighted by Gasteiger charge is 2.25. The van der Waals surface area contributed by atoms with Gasteiger partial charge in [0.2, 0.25) is 0 Å². The van der Waals surface area contributed by atoms with Crippen LogP contribution in [-0.4, -0.2) is 22.6 Å². The molecule has 74 valence electrons. The predicted octanol–water partition coefficient (Wildman–Crippen LogP) is 1.30. The van der Waals surface area contributed by atoms with Crippen molar-refractivity contribution in [1.82, 2.24) is 0 Å². The maximum absolute atomic E-state index is 10.9. The van der Waals surface area contributed by atoms with Gasteiger partial charge >= 0.3 is 8.03 Å². The number of ketones is 2. The van der Waals surface area contributed by atoms with Crippen LogP contribution in [0.5, 0.6) is 0 Å². The molecule has 0 bridgehead atoms. The Morgan fingerprint density at radius 1 is 1.38 bits per heavy atom. The second-order valence-electron chi connectivity index (χ2n) is 3.08. The van der Waals surface area contributed by atoms with E-state index in [4.69, 9.17) is 4.89 Å². The lowest BCUT2D eigenvalue weighted by Crippen LogP contribution is -2.14. The lowest BCUT2D eigenvalue weighted by Gasteiger charge is -2.04. The van der Waals surface area contributed by atoms with E-state index in [2.05, 4.69) is 0 Å². The van der Waals surface area contributed by atoms with Gasteiger partial charge in [-0.05, 0) is 24.8 Å². The van der Waals surface area contributed by atoms with Gasteiger partial charge in [-0.1, -0.05) is 0 Å². The summed E-state index contributed by atoms with van der Waals surface area (Å²) in [7, 11) is -2.29. The number of hydrogen-bond acceptors (Lipinski definition) is 3. The minimum absolute atomic E-state index is 0.000540. The van der Waals surface area contributed by atoms with Crippen molar-refractivity contribution in [3.8, 4) is 0 Å². The summed E-state index contributed by atoms with van der Waals surface area (Å²) in [5.41, 5.74) is 0. The molecular formula is C8H14O4P+. The molecule has 0 aliphatic carbocycles. The van der Waals surface area contributed by atoms with Gasteiger partial charge in [-0.2, -0.15) is 4.89 Å². The molecule has 0 aromatic rings. The van der Waals surface area contributed by atoms with Crippen LogP contribution in [0.25, 0.3) is 0 Å². The molecule has 0 radical (unpaired) electrons. The Morgan fingerprint density at radius 2 is 1.92 bits per heavy atom. The van der Waals surface area contributed by atoms with Crippen LogP contribution >= 0.6 is 8.03 Å². The van der Waals surface area contributed by atoms with Crippen LogP contribution in [0, 0.1) is 5.92 Å². The molecule has 0 saturated heterocycles. The number of rotatable bonds is 6. The fourth-order valence-electron chi connectivity index (χ4n) is 0.989. The summed E-state index contributed by atoms with van der Waals surface area (Å²) in [6, 6.07) is 0. The van der Waals surface area contributed by atoms with Gasteiger partial charge < -0.3 is 4.79 Å². The quantitative estimate of drug-likeness (QED) is 0.663. The fourth-order valence-corrected chi connectivity index (χ4v) is 1.81. The third kappa shape index (κ3) is 6.55. The number of hydrogen-bond donors (Lipinski definition) is 1. The van der Waals surface area contributed by atoms with Gasteiger partial charge in [0.05, 0.1) is 5.92 Å². The van der Waals surface area contributed by atoms with E-state index >= 15 is 0 Å². The molecule has 0 aliphatic heterocycles. The van der Waals surface area contributed by atoms with Crippen LogP contribution in [0.15, 0.2) is 0 Å². The van der Waals surface area contributed by atoms with E-state index in [9.17, 15) is 14.2 Å². The van der Waals surface area contributed by atoms with Gasteiger partial charge in [0, 0.05) is 6.42 Å². The topological polar surface area (TPSA) is 71.4 Å². The van der Waals surface area contributed by atoms with E-state index in [1.165, 1.54) is 13.8 Å². The highest BCUT2D eigenvalue weighted by Crippen LogP contribution is 2.22. The number of carbonyl (C=O) groups excluding carboxylic acids is 2. The van der Waals surface area contributed by atoms with Crippen molar-refractivity contribution in [2.45, 2.75) is 26.7 Å². The maximum Gasteiger partial charge on any atom is 0.506 e. The summed E-state index contributed by atoms with van der Waals surface area (Å²) < 4.78 is 10.5. The van der Waals surface area contributed by atoms with Crippen LogP contribution in [0.3, 0.4) is 0 Å². The van der Waals surface area contributed by atoms with Crippen LogP contribution in [0.4, 0.5) is 0 Å². The highest BCUT2D eigenvalue weighted by molar-refractivity contribution is 7.38. The zero-order valence-electron chi connectivity index (χ0n) is 7.82. The summed E-state index contributed by atoms with van der Waals surface area (Å²) in [5.74, 6) is -0.574. The predicted molar refractivity (Wildman–Crippen MR) is 48.8 cm³/mol. The van der Waals surface area contributed by atoms with E-state index in [0.717, 1.165) is 0 Å². The van der Waals surface area contributed by atoms with Crippen LogP contribution in [-0.2, 0) is 14.2 Å². The largest absolute Gasteiger partial charge is 0.506 e. The van der Waals surface area contributed by atoms with Crippen molar-refractivity contribution < 1.29 is 19.0 Å². The molecule has 0 aliphatic rings. The molecule has 0 heterocycles. The van der Waals surface area contributed by atoms with Crippen molar-refractivity contribution in [2.24, 2.45) is 5.92 Å². The smallest absolute Gasteiger partial charge is 0.300 e. The molecule has 0 aromatic heterocycles. The Hall–Kier alpha value is -0.600. The van der Waals surface area contributed by atoms with Crippen molar-refractivity contribution in [3.63, 3.8) is 0 Å². The average molecular weight is 205 g/mol. The first-order valence-corrected chi connectivity index (χ1v) is 5.46. The van der Waals surface area contributed by atoms with Crippen LogP contribution in [0.2, 0.25) is 0 Å². The Bertz CT molecular complexity index is 224. The Morgan fingerprint density at radius 3 is 2.23 bits per heavy atom. The molecule has 4 nitrogen and oxygen atoms in total. The van der Waals surface area contributed by atoms with Crippen LogP contribution in [0.1, 0.15) is 26.7 Å². The van der Waals surface area contributed by atoms with E-state index in [0.29, 0.717) is 12.8 Å². The zero-order chi connectivity index (χ0) is 10.4. The molecule has 2 unspecified atom stereocenters. The van der Waals surface area contributed by atoms with Gasteiger partial charge in [0.1, 0.15) is 11.6 Å². The molecule has 1 N–H and O–H groups in total. The third-order valence-electron chi connectivity index (χ3n) is 1.80. The molecule has 0 rings (SSSR count). The van der Waals surface area contributed by atoms with Crippen LogP contribution < -0.4 is 0 Å². The monoisotopic (exact) mass is 205 g/mol. The molecule has 0 saturated carbocycles. The van der Waals surface area contributed by atoms with E-state index < -0.39 is 13.9 Å². The molecule has 0 spiro atoms. The lowest BCUT2D eigenvalue weighted by molar-refractivity contribution is -0.121. The fraction of sp³-hybridized carbons (Fsp3) is 0.750. The summed E-state index contributed by atoms with van der Waals surface area (Å²) in [6.07, 6.45) is 0.650. The minimum Gasteiger partial charge on any atom is -0.300 e.